The molecule has 4 nitrogen and oxygen atoms in total. The fourth-order valence-electron chi connectivity index (χ4n) is 0.561. The van der Waals surface area contributed by atoms with Crippen molar-refractivity contribution in [1.82, 2.24) is 9.55 Å². The number of aromatic nitrogens is 2. The number of carbonyl (C=O) groups is 2. The normalized spacial score (nSPS) is 9.30. The van der Waals surface area contributed by atoms with Gasteiger partial charge < -0.3 is 0 Å². The van der Waals surface area contributed by atoms with Gasteiger partial charge in [-0.05, 0) is 0 Å². The first-order valence-electron chi connectivity index (χ1n) is 2.75. The molecule has 0 amide bonds. The second kappa shape index (κ2) is 2.43. The third-order valence-electron chi connectivity index (χ3n) is 1.04. The molecule has 0 saturated carbocycles. The van der Waals surface area contributed by atoms with Gasteiger partial charge in [-0.15, -0.1) is 0 Å². The van der Waals surface area contributed by atoms with E-state index in [2.05, 4.69) is 4.98 Å². The highest BCUT2D eigenvalue weighted by Gasteiger charge is 2.07. The van der Waals surface area contributed by atoms with E-state index in [-0.39, 0.29) is 0 Å². The van der Waals surface area contributed by atoms with Gasteiger partial charge in [0.1, 0.15) is 6.33 Å². The minimum atomic E-state index is -0.558. The van der Waals surface area contributed by atoms with Crippen molar-refractivity contribution in [3.63, 3.8) is 0 Å². The zero-order valence-corrected chi connectivity index (χ0v) is 5.44. The van der Waals surface area contributed by atoms with Gasteiger partial charge >= 0.3 is 0 Å². The predicted molar refractivity (Wildman–Crippen MR) is 33.5 cm³/mol. The molecular formula is C6H6N2O2. The van der Waals surface area contributed by atoms with Crippen LogP contribution >= 0.6 is 0 Å². The average molecular weight is 141 g/mol. The van der Waals surface area contributed by atoms with E-state index in [1.165, 1.54) is 25.6 Å². The Kier molecular flexibility index (Phi) is 1.62. The van der Waals surface area contributed by atoms with Crippen LogP contribution in [-0.4, -0.2) is 21.2 Å². The standard InChI is InChI=1S/C6H6N2O2/c1-5(9)6(10)8-3-2-7-4-8/h2-4H,1H3/i6+1,7+1,8+1. The van der Waals surface area contributed by atoms with Crippen LogP contribution in [0.5, 0.6) is 0 Å². The van der Waals surface area contributed by atoms with E-state index in [0.29, 0.717) is 0 Å². The number of hydrogen-bond acceptors (Lipinski definition) is 3. The maximum Gasteiger partial charge on any atom is 0.298 e. The van der Waals surface area contributed by atoms with Gasteiger partial charge in [-0.2, -0.15) is 0 Å². The largest absolute Gasteiger partial charge is 0.298 e. The fourth-order valence-corrected chi connectivity index (χ4v) is 0.561. The molecule has 0 bridgehead atoms. The molecule has 0 fully saturated rings. The number of Topliss-reactive ketones (excluding diaryl/α,β-unsaturated/α-hetero) is 1. The highest BCUT2D eigenvalue weighted by Crippen LogP contribution is 1.85. The molecule has 1 aromatic heterocycles. The summed E-state index contributed by atoms with van der Waals surface area (Å²) in [6, 6.07) is 0. The van der Waals surface area contributed by atoms with Crippen LogP contribution in [0.3, 0.4) is 0 Å². The van der Waals surface area contributed by atoms with Crippen LogP contribution in [0.4, 0.5) is 0 Å². The minimum absolute atomic E-state index is 0.488. The third-order valence-corrected chi connectivity index (χ3v) is 1.04. The smallest absolute Gasteiger partial charge is 0.289 e. The van der Waals surface area contributed by atoms with E-state index >= 15 is 0 Å². The number of carbonyl (C=O) groups excluding carboxylic acids is 2. The summed E-state index contributed by atoms with van der Waals surface area (Å²) in [7, 11) is 0. The number of imidazole rings is 1. The van der Waals surface area contributed by atoms with Crippen LogP contribution in [0.1, 0.15) is 11.7 Å². The minimum Gasteiger partial charge on any atom is -0.289 e. The summed E-state index contributed by atoms with van der Waals surface area (Å²) in [4.78, 5) is 24.8. The van der Waals surface area contributed by atoms with E-state index in [4.69, 9.17) is 0 Å². The van der Waals surface area contributed by atoms with Crippen LogP contribution in [0.15, 0.2) is 18.7 Å². The van der Waals surface area contributed by atoms with Crippen molar-refractivity contribution in [1.29, 1.82) is 0 Å². The number of nitrogens with zero attached hydrogens (tertiary/aromatic N) is 2. The molecule has 0 aliphatic rings. The molecule has 0 aliphatic heterocycles. The molecule has 0 radical (unpaired) electrons. The Labute approximate surface area is 57.5 Å². The van der Waals surface area contributed by atoms with E-state index in [9.17, 15) is 9.59 Å². The highest BCUT2D eigenvalue weighted by molar-refractivity contribution is 6.35. The van der Waals surface area contributed by atoms with Crippen molar-refractivity contribution in [2.45, 2.75) is 6.92 Å². The Balaban J connectivity index is 2.88. The van der Waals surface area contributed by atoms with Crippen molar-refractivity contribution in [3.8, 4) is 0 Å². The Hall–Kier alpha value is -1.45. The molecule has 0 spiro atoms. The van der Waals surface area contributed by atoms with E-state index in [1.807, 2.05) is 0 Å². The zero-order valence-electron chi connectivity index (χ0n) is 5.44. The Morgan fingerprint density at radius 1 is 1.50 bits per heavy atom. The molecule has 4 heteroatoms. The first kappa shape index (κ1) is 6.67. The zero-order chi connectivity index (χ0) is 7.56. The van der Waals surface area contributed by atoms with Gasteiger partial charge in [0.2, 0.25) is 5.78 Å². The lowest BCUT2D eigenvalue weighted by Gasteiger charge is -1.91. The van der Waals surface area contributed by atoms with Gasteiger partial charge in [0.05, 0.1) is 0 Å². The maximum atomic E-state index is 10.8. The molecule has 0 aromatic carbocycles. The van der Waals surface area contributed by atoms with Crippen molar-refractivity contribution in [3.05, 3.63) is 18.7 Å². The summed E-state index contributed by atoms with van der Waals surface area (Å²) in [5.74, 6) is -1.05. The Morgan fingerprint density at radius 3 is 2.60 bits per heavy atom. The molecule has 0 unspecified atom stereocenters. The molecule has 0 atom stereocenters. The number of rotatable bonds is 1. The van der Waals surface area contributed by atoms with Crippen molar-refractivity contribution >= 4 is 11.7 Å². The van der Waals surface area contributed by atoms with Gasteiger partial charge in [-0.3, -0.25) is 14.2 Å². The molecule has 0 aliphatic carbocycles. The van der Waals surface area contributed by atoms with E-state index in [1.54, 1.807) is 0 Å². The fraction of sp³-hybridized carbons (Fsp3) is 0.167. The molecule has 0 saturated heterocycles. The van der Waals surface area contributed by atoms with Gasteiger partial charge in [-0.25, -0.2) is 4.98 Å². The summed E-state index contributed by atoms with van der Waals surface area (Å²) >= 11 is 0. The maximum absolute atomic E-state index is 10.8. The molecule has 52 valence electrons. The van der Waals surface area contributed by atoms with Crippen LogP contribution < -0.4 is 0 Å². The summed E-state index contributed by atoms with van der Waals surface area (Å²) in [6.45, 7) is 1.22. The summed E-state index contributed by atoms with van der Waals surface area (Å²) in [6.07, 6.45) is 4.17. The van der Waals surface area contributed by atoms with E-state index in [0.717, 1.165) is 4.57 Å². The van der Waals surface area contributed by atoms with Gasteiger partial charge in [-0.1, -0.05) is 0 Å². The van der Waals surface area contributed by atoms with Crippen LogP contribution in [0, 0.1) is 0 Å². The molecule has 1 rings (SSSR count). The third kappa shape index (κ3) is 1.10. The predicted octanol–water partition coefficient (Wildman–Crippen LogP) is 0.112. The molecule has 0 N–H and O–H groups in total. The monoisotopic (exact) mass is 141 g/mol. The van der Waals surface area contributed by atoms with E-state index < -0.39 is 11.7 Å². The van der Waals surface area contributed by atoms with Crippen LogP contribution in [0.2, 0.25) is 0 Å². The summed E-state index contributed by atoms with van der Waals surface area (Å²) in [5.41, 5.74) is 0. The molecule has 10 heavy (non-hydrogen) atoms. The van der Waals surface area contributed by atoms with Crippen LogP contribution in [-0.2, 0) is 4.79 Å². The second-order valence-electron chi connectivity index (χ2n) is 1.83. The molecule has 1 aromatic rings. The molecule has 1 heterocycles. The van der Waals surface area contributed by atoms with Crippen molar-refractivity contribution in [2.75, 3.05) is 0 Å². The Bertz CT molecular complexity index is 251. The quantitative estimate of drug-likeness (QED) is 0.412. The average Bonchev–Trinajstić information content (AvgIpc) is 2.36. The first-order valence-corrected chi connectivity index (χ1v) is 2.75. The van der Waals surface area contributed by atoms with Gasteiger partial charge in [0.25, 0.3) is 5.91 Å². The lowest BCUT2D eigenvalue weighted by Crippen LogP contribution is -2.16. The summed E-state index contributed by atoms with van der Waals surface area (Å²) in [5, 5.41) is 0. The Morgan fingerprint density at radius 2 is 2.20 bits per heavy atom. The number of hydrogen-bond donors (Lipinski definition) is 0. The lowest BCUT2D eigenvalue weighted by atomic mass is 10.7. The van der Waals surface area contributed by atoms with Gasteiger partial charge in [0, 0.05) is 19.3 Å². The number of ketones is 1. The first-order chi connectivity index (χ1) is 4.72. The highest BCUT2D eigenvalue weighted by atomic mass is 16.3. The molecular weight excluding hydrogens is 135 g/mol. The van der Waals surface area contributed by atoms with Gasteiger partial charge in [0.15, 0.2) is 0 Å². The second-order valence-corrected chi connectivity index (χ2v) is 1.83. The van der Waals surface area contributed by atoms with Crippen molar-refractivity contribution in [2.24, 2.45) is 0 Å². The van der Waals surface area contributed by atoms with Crippen LogP contribution in [0.25, 0.3) is 0 Å². The summed E-state index contributed by atoms with van der Waals surface area (Å²) < 4.78 is 1.14. The van der Waals surface area contributed by atoms with Crippen molar-refractivity contribution < 1.29 is 9.59 Å². The lowest BCUT2D eigenvalue weighted by molar-refractivity contribution is -0.113. The topological polar surface area (TPSA) is 52.0 Å². The SMILES string of the molecule is CC(=O)[13C](=O)[15n]1cc[15n]c1.